The first-order valence-corrected chi connectivity index (χ1v) is 7.10. The fourth-order valence-electron chi connectivity index (χ4n) is 2.26. The topological polar surface area (TPSA) is 39.1 Å². The van der Waals surface area contributed by atoms with E-state index in [2.05, 4.69) is 10.4 Å². The molecular formula is C14H17Cl2N3O. The summed E-state index contributed by atoms with van der Waals surface area (Å²) in [5.74, 6) is 0.724. The zero-order valence-electron chi connectivity index (χ0n) is 11.7. The zero-order valence-corrected chi connectivity index (χ0v) is 13.2. The molecule has 0 bridgehead atoms. The minimum absolute atomic E-state index is 0.140. The average Bonchev–Trinajstić information content (AvgIpc) is 2.87. The third-order valence-corrected chi connectivity index (χ3v) is 4.05. The van der Waals surface area contributed by atoms with Crippen LogP contribution in [0.5, 0.6) is 5.75 Å². The van der Waals surface area contributed by atoms with Crippen LogP contribution in [0.25, 0.3) is 0 Å². The molecule has 2 aromatic rings. The maximum Gasteiger partial charge on any atom is 0.161 e. The first kappa shape index (κ1) is 15.2. The van der Waals surface area contributed by atoms with Crippen molar-refractivity contribution in [3.63, 3.8) is 0 Å². The Bertz CT molecular complexity index is 577. The molecule has 1 heterocycles. The van der Waals surface area contributed by atoms with E-state index in [9.17, 15) is 0 Å². The average molecular weight is 314 g/mol. The Hall–Kier alpha value is -1.23. The first-order chi connectivity index (χ1) is 9.63. The van der Waals surface area contributed by atoms with Gasteiger partial charge in [-0.15, -0.1) is 0 Å². The molecule has 1 unspecified atom stereocenters. The van der Waals surface area contributed by atoms with Crippen LogP contribution < -0.4 is 10.1 Å². The summed E-state index contributed by atoms with van der Waals surface area (Å²) in [4.78, 5) is 0. The maximum atomic E-state index is 6.33. The van der Waals surface area contributed by atoms with Crippen LogP contribution in [0, 0.1) is 0 Å². The Morgan fingerprint density at radius 2 is 2.15 bits per heavy atom. The van der Waals surface area contributed by atoms with E-state index in [0.717, 1.165) is 23.6 Å². The van der Waals surface area contributed by atoms with Gasteiger partial charge in [-0.1, -0.05) is 35.3 Å². The highest BCUT2D eigenvalue weighted by molar-refractivity contribution is 6.42. The molecule has 1 atom stereocenters. The number of rotatable bonds is 5. The Labute approximate surface area is 128 Å². The number of halogens is 2. The highest BCUT2D eigenvalue weighted by Crippen LogP contribution is 2.36. The van der Waals surface area contributed by atoms with E-state index < -0.39 is 0 Å². The van der Waals surface area contributed by atoms with Crippen LogP contribution in [-0.2, 0) is 6.54 Å². The summed E-state index contributed by atoms with van der Waals surface area (Å²) >= 11 is 12.4. The number of aromatic nitrogens is 2. The van der Waals surface area contributed by atoms with E-state index in [4.69, 9.17) is 27.9 Å². The van der Waals surface area contributed by atoms with Crippen molar-refractivity contribution in [1.82, 2.24) is 15.1 Å². The quantitative estimate of drug-likeness (QED) is 0.918. The molecule has 0 amide bonds. The van der Waals surface area contributed by atoms with E-state index in [1.165, 1.54) is 0 Å². The minimum atomic E-state index is -0.140. The molecule has 0 radical (unpaired) electrons. The Morgan fingerprint density at radius 3 is 2.75 bits per heavy atom. The van der Waals surface area contributed by atoms with Gasteiger partial charge in [-0.05, 0) is 25.6 Å². The largest absolute Gasteiger partial charge is 0.493 e. The standard InChI is InChI=1S/C14H17Cl2N3O/c1-4-19-14(11(20-3)8-18-19)13(17-2)9-6-5-7-10(15)12(9)16/h5-8,13,17H,4H2,1-3H3. The molecule has 0 saturated heterocycles. The SMILES string of the molecule is CCn1ncc(OC)c1C(NC)c1cccc(Cl)c1Cl. The van der Waals surface area contributed by atoms with Gasteiger partial charge in [0.15, 0.2) is 5.75 Å². The monoisotopic (exact) mass is 313 g/mol. The molecule has 20 heavy (non-hydrogen) atoms. The highest BCUT2D eigenvalue weighted by atomic mass is 35.5. The maximum absolute atomic E-state index is 6.33. The van der Waals surface area contributed by atoms with Gasteiger partial charge in [0.1, 0.15) is 5.69 Å². The van der Waals surface area contributed by atoms with Gasteiger partial charge in [0, 0.05) is 6.54 Å². The molecule has 0 aliphatic rings. The molecule has 0 aliphatic heterocycles. The number of nitrogens with zero attached hydrogens (tertiary/aromatic N) is 2. The molecule has 0 fully saturated rings. The predicted octanol–water partition coefficient (Wildman–Crippen LogP) is 3.53. The summed E-state index contributed by atoms with van der Waals surface area (Å²) in [6, 6.07) is 5.46. The van der Waals surface area contributed by atoms with Gasteiger partial charge < -0.3 is 10.1 Å². The van der Waals surface area contributed by atoms with Gasteiger partial charge in [-0.3, -0.25) is 4.68 Å². The van der Waals surface area contributed by atoms with Crippen LogP contribution in [0.15, 0.2) is 24.4 Å². The van der Waals surface area contributed by atoms with Gasteiger partial charge in [0.05, 0.1) is 29.4 Å². The van der Waals surface area contributed by atoms with Gasteiger partial charge >= 0.3 is 0 Å². The number of aryl methyl sites for hydroxylation is 1. The summed E-state index contributed by atoms with van der Waals surface area (Å²) in [6.07, 6.45) is 1.71. The third-order valence-electron chi connectivity index (χ3n) is 3.22. The lowest BCUT2D eigenvalue weighted by molar-refractivity contribution is 0.401. The predicted molar refractivity (Wildman–Crippen MR) is 81.8 cm³/mol. The second-order valence-corrected chi connectivity index (χ2v) is 5.06. The fourth-order valence-corrected chi connectivity index (χ4v) is 2.68. The zero-order chi connectivity index (χ0) is 14.7. The summed E-state index contributed by atoms with van der Waals surface area (Å²) in [5, 5.41) is 8.66. The highest BCUT2D eigenvalue weighted by Gasteiger charge is 2.24. The number of hydrogen-bond donors (Lipinski definition) is 1. The van der Waals surface area contributed by atoms with Crippen molar-refractivity contribution < 1.29 is 4.74 Å². The normalized spacial score (nSPS) is 12.4. The Kier molecular flexibility index (Phi) is 4.91. The van der Waals surface area contributed by atoms with Gasteiger partial charge in [-0.25, -0.2) is 0 Å². The Balaban J connectivity index is 2.58. The van der Waals surface area contributed by atoms with Crippen molar-refractivity contribution >= 4 is 23.2 Å². The number of benzene rings is 1. The van der Waals surface area contributed by atoms with Crippen molar-refractivity contribution in [1.29, 1.82) is 0 Å². The van der Waals surface area contributed by atoms with E-state index in [0.29, 0.717) is 10.0 Å². The molecule has 0 spiro atoms. The number of ether oxygens (including phenoxy) is 1. The van der Waals surface area contributed by atoms with Gasteiger partial charge in [-0.2, -0.15) is 5.10 Å². The van der Waals surface area contributed by atoms with Gasteiger partial charge in [0.25, 0.3) is 0 Å². The molecule has 0 aliphatic carbocycles. The second kappa shape index (κ2) is 6.48. The molecular weight excluding hydrogens is 297 g/mol. The lowest BCUT2D eigenvalue weighted by Crippen LogP contribution is -2.22. The Morgan fingerprint density at radius 1 is 1.40 bits per heavy atom. The molecule has 108 valence electrons. The summed E-state index contributed by atoms with van der Waals surface area (Å²) in [6.45, 7) is 2.78. The first-order valence-electron chi connectivity index (χ1n) is 6.34. The van der Waals surface area contributed by atoms with Crippen LogP contribution in [0.2, 0.25) is 10.0 Å². The summed E-state index contributed by atoms with van der Waals surface area (Å²) in [5.41, 5.74) is 1.83. The van der Waals surface area contributed by atoms with E-state index in [1.807, 2.05) is 30.8 Å². The van der Waals surface area contributed by atoms with Crippen LogP contribution in [0.3, 0.4) is 0 Å². The number of methoxy groups -OCH3 is 1. The molecule has 0 saturated carbocycles. The smallest absolute Gasteiger partial charge is 0.161 e. The van der Waals surface area contributed by atoms with Crippen molar-refractivity contribution in [3.05, 3.63) is 45.7 Å². The van der Waals surface area contributed by atoms with Crippen LogP contribution >= 0.6 is 23.2 Å². The number of hydrogen-bond acceptors (Lipinski definition) is 3. The van der Waals surface area contributed by atoms with Crippen LogP contribution in [0.1, 0.15) is 24.2 Å². The van der Waals surface area contributed by atoms with Crippen molar-refractivity contribution in [3.8, 4) is 5.75 Å². The lowest BCUT2D eigenvalue weighted by Gasteiger charge is -2.20. The second-order valence-electron chi connectivity index (χ2n) is 4.28. The fraction of sp³-hybridized carbons (Fsp3) is 0.357. The molecule has 1 N–H and O–H groups in total. The van der Waals surface area contributed by atoms with Gasteiger partial charge in [0.2, 0.25) is 0 Å². The van der Waals surface area contributed by atoms with Crippen molar-refractivity contribution in [2.75, 3.05) is 14.2 Å². The third kappa shape index (κ3) is 2.64. The minimum Gasteiger partial charge on any atom is -0.493 e. The van der Waals surface area contributed by atoms with E-state index >= 15 is 0 Å². The molecule has 1 aromatic carbocycles. The summed E-state index contributed by atoms with van der Waals surface area (Å²) < 4.78 is 7.29. The van der Waals surface area contributed by atoms with Crippen molar-refractivity contribution in [2.45, 2.75) is 19.5 Å². The number of nitrogens with one attached hydrogen (secondary N) is 1. The molecule has 4 nitrogen and oxygen atoms in total. The van der Waals surface area contributed by atoms with E-state index in [-0.39, 0.29) is 6.04 Å². The summed E-state index contributed by atoms with van der Waals surface area (Å²) in [7, 11) is 3.50. The molecule has 1 aromatic heterocycles. The van der Waals surface area contributed by atoms with Crippen LogP contribution in [0.4, 0.5) is 0 Å². The molecule has 2 rings (SSSR count). The molecule has 6 heteroatoms. The van der Waals surface area contributed by atoms with E-state index in [1.54, 1.807) is 19.4 Å². The lowest BCUT2D eigenvalue weighted by atomic mass is 10.0. The van der Waals surface area contributed by atoms with Crippen molar-refractivity contribution in [2.24, 2.45) is 0 Å². The van der Waals surface area contributed by atoms with Crippen LogP contribution in [-0.4, -0.2) is 23.9 Å².